The summed E-state index contributed by atoms with van der Waals surface area (Å²) in [6.45, 7) is 5.52. The van der Waals surface area contributed by atoms with E-state index < -0.39 is 8.07 Å². The number of rotatable bonds is 5. The molecular formula is C33H46Si. The van der Waals surface area contributed by atoms with E-state index in [1.54, 1.807) is 24.0 Å². The third-order valence-corrected chi connectivity index (χ3v) is 18.2. The molecule has 2 aromatic carbocycles. The minimum Gasteiger partial charge on any atom is -0.0687 e. The standard InChI is InChI=1S/C33H46Si/c1-3-34(2,32-22-20-28-26(16-10-18-30(28)32)24-12-6-4-7-13-24)33-23-21-29-27(17-11-19-31(29)33)25-14-8-5-9-15-25/h4-9,12-15,26-33H,3,10-11,16-23H2,1-2H3. The van der Waals surface area contributed by atoms with E-state index >= 15 is 0 Å². The molecule has 0 saturated heterocycles. The van der Waals surface area contributed by atoms with Gasteiger partial charge in [0.2, 0.25) is 0 Å². The first-order valence-corrected chi connectivity index (χ1v) is 17.7. The molecule has 1 heteroatoms. The highest BCUT2D eigenvalue weighted by Crippen LogP contribution is 2.65. The summed E-state index contributed by atoms with van der Waals surface area (Å²) in [7, 11) is -1.33. The molecule has 4 fully saturated rings. The van der Waals surface area contributed by atoms with Gasteiger partial charge in [-0.25, -0.2) is 0 Å². The molecule has 2 aromatic rings. The van der Waals surface area contributed by atoms with Gasteiger partial charge in [0.25, 0.3) is 0 Å². The highest BCUT2D eigenvalue weighted by molar-refractivity contribution is 6.81. The minimum absolute atomic E-state index is 0.841. The second-order valence-electron chi connectivity index (χ2n) is 12.8. The van der Waals surface area contributed by atoms with Crippen LogP contribution in [0.5, 0.6) is 0 Å². The molecule has 4 aliphatic carbocycles. The topological polar surface area (TPSA) is 0 Å². The zero-order chi connectivity index (χ0) is 23.1. The van der Waals surface area contributed by atoms with Crippen LogP contribution in [-0.4, -0.2) is 8.07 Å². The molecule has 0 aromatic heterocycles. The van der Waals surface area contributed by atoms with Gasteiger partial charge in [0.15, 0.2) is 0 Å². The molecule has 0 aliphatic heterocycles. The lowest BCUT2D eigenvalue weighted by molar-refractivity contribution is 0.226. The van der Waals surface area contributed by atoms with Gasteiger partial charge in [-0.15, -0.1) is 0 Å². The van der Waals surface area contributed by atoms with Crippen molar-refractivity contribution in [1.29, 1.82) is 0 Å². The summed E-state index contributed by atoms with van der Waals surface area (Å²) in [6, 6.07) is 24.8. The summed E-state index contributed by atoms with van der Waals surface area (Å²) in [5.74, 6) is 5.69. The number of hydrogen-bond donors (Lipinski definition) is 0. The van der Waals surface area contributed by atoms with Gasteiger partial charge in [-0.1, -0.05) is 119 Å². The van der Waals surface area contributed by atoms with Gasteiger partial charge >= 0.3 is 0 Å². The lowest BCUT2D eigenvalue weighted by atomic mass is 9.71. The Morgan fingerprint density at radius 3 is 1.41 bits per heavy atom. The zero-order valence-corrected chi connectivity index (χ0v) is 22.7. The van der Waals surface area contributed by atoms with Crippen molar-refractivity contribution < 1.29 is 0 Å². The quantitative estimate of drug-likeness (QED) is 0.381. The van der Waals surface area contributed by atoms with Crippen molar-refractivity contribution in [3.8, 4) is 0 Å². The first-order valence-electron chi connectivity index (χ1n) is 14.8. The molecule has 0 amide bonds. The highest BCUT2D eigenvalue weighted by atomic mass is 28.3. The van der Waals surface area contributed by atoms with E-state index in [9.17, 15) is 0 Å². The average Bonchev–Trinajstić information content (AvgIpc) is 3.54. The van der Waals surface area contributed by atoms with E-state index in [1.165, 1.54) is 57.4 Å². The summed E-state index contributed by atoms with van der Waals surface area (Å²) in [4.78, 5) is 0. The second kappa shape index (κ2) is 9.60. The van der Waals surface area contributed by atoms with Crippen LogP contribution in [0.3, 0.4) is 0 Å². The SMILES string of the molecule is CC[Si](C)(C1CCC2C(c3ccccc3)CCCC21)C1CCC2C(c3ccccc3)CCCC21. The molecule has 0 radical (unpaired) electrons. The molecule has 8 atom stereocenters. The Hall–Kier alpha value is -1.34. The summed E-state index contributed by atoms with van der Waals surface area (Å²) in [6.07, 6.45) is 15.1. The summed E-state index contributed by atoms with van der Waals surface area (Å²) < 4.78 is 0. The lowest BCUT2D eigenvalue weighted by Crippen LogP contribution is -2.46. The fourth-order valence-electron chi connectivity index (χ4n) is 10.3. The molecule has 4 aliphatic rings. The van der Waals surface area contributed by atoms with E-state index in [-0.39, 0.29) is 0 Å². The van der Waals surface area contributed by atoms with E-state index in [0.717, 1.165) is 46.6 Å². The number of fused-ring (bicyclic) bond motifs is 2. The van der Waals surface area contributed by atoms with Gasteiger partial charge in [-0.2, -0.15) is 0 Å². The summed E-state index contributed by atoms with van der Waals surface area (Å²) in [5, 5.41) is 0. The zero-order valence-electron chi connectivity index (χ0n) is 21.7. The van der Waals surface area contributed by atoms with Crippen LogP contribution in [0, 0.1) is 23.7 Å². The van der Waals surface area contributed by atoms with Crippen molar-refractivity contribution in [2.24, 2.45) is 23.7 Å². The summed E-state index contributed by atoms with van der Waals surface area (Å²) in [5.41, 5.74) is 5.48. The lowest BCUT2D eigenvalue weighted by Gasteiger charge is -2.48. The van der Waals surface area contributed by atoms with E-state index in [0.29, 0.717) is 0 Å². The molecular weight excluding hydrogens is 424 g/mol. The Bertz CT molecular complexity index is 862. The molecule has 6 rings (SSSR count). The monoisotopic (exact) mass is 470 g/mol. The van der Waals surface area contributed by atoms with E-state index in [2.05, 4.69) is 74.1 Å². The van der Waals surface area contributed by atoms with Crippen LogP contribution in [0.2, 0.25) is 23.7 Å². The molecule has 0 spiro atoms. The van der Waals surface area contributed by atoms with Crippen molar-refractivity contribution >= 4 is 8.07 Å². The van der Waals surface area contributed by atoms with Gasteiger partial charge in [-0.05, 0) is 83.4 Å². The molecule has 8 unspecified atom stereocenters. The van der Waals surface area contributed by atoms with Gasteiger partial charge in [-0.3, -0.25) is 0 Å². The second-order valence-corrected chi connectivity index (χ2v) is 18.0. The van der Waals surface area contributed by atoms with Crippen LogP contribution in [-0.2, 0) is 0 Å². The average molecular weight is 471 g/mol. The first kappa shape index (κ1) is 23.1. The van der Waals surface area contributed by atoms with Crippen LogP contribution in [0.1, 0.15) is 94.1 Å². The minimum atomic E-state index is -1.33. The highest BCUT2D eigenvalue weighted by Gasteiger charge is 2.57. The Morgan fingerprint density at radius 1 is 0.559 bits per heavy atom. The molecule has 34 heavy (non-hydrogen) atoms. The van der Waals surface area contributed by atoms with Crippen LogP contribution in [0.25, 0.3) is 0 Å². The molecule has 0 heterocycles. The molecule has 0 nitrogen and oxygen atoms in total. The van der Waals surface area contributed by atoms with Gasteiger partial charge in [0.1, 0.15) is 0 Å². The fourth-order valence-corrected chi connectivity index (χ4v) is 16.3. The largest absolute Gasteiger partial charge is 0.0687 e. The van der Waals surface area contributed by atoms with Crippen molar-refractivity contribution in [2.45, 2.75) is 107 Å². The number of benzene rings is 2. The van der Waals surface area contributed by atoms with E-state index in [1.807, 2.05) is 0 Å². The molecule has 182 valence electrons. The van der Waals surface area contributed by atoms with Crippen LogP contribution >= 0.6 is 0 Å². The van der Waals surface area contributed by atoms with Crippen LogP contribution < -0.4 is 0 Å². The van der Waals surface area contributed by atoms with E-state index in [4.69, 9.17) is 0 Å². The Kier molecular flexibility index (Phi) is 6.52. The maximum absolute atomic E-state index is 2.91. The Morgan fingerprint density at radius 2 is 1.00 bits per heavy atom. The van der Waals surface area contributed by atoms with Crippen molar-refractivity contribution in [1.82, 2.24) is 0 Å². The van der Waals surface area contributed by atoms with Crippen LogP contribution in [0.15, 0.2) is 60.7 Å². The Balaban J connectivity index is 1.25. The predicted molar refractivity (Wildman–Crippen MR) is 148 cm³/mol. The third-order valence-electron chi connectivity index (χ3n) is 11.8. The van der Waals surface area contributed by atoms with Crippen molar-refractivity contribution in [2.75, 3.05) is 0 Å². The number of hydrogen-bond acceptors (Lipinski definition) is 0. The molecule has 0 N–H and O–H groups in total. The fraction of sp³-hybridized carbons (Fsp3) is 0.636. The smallest absolute Gasteiger partial charge is 0.0570 e. The molecule has 4 saturated carbocycles. The van der Waals surface area contributed by atoms with Crippen molar-refractivity contribution in [3.63, 3.8) is 0 Å². The third kappa shape index (κ3) is 3.85. The maximum Gasteiger partial charge on any atom is 0.0570 e. The van der Waals surface area contributed by atoms with Gasteiger partial charge in [0, 0.05) is 0 Å². The maximum atomic E-state index is 2.91. The molecule has 0 bridgehead atoms. The normalized spacial score (nSPS) is 39.2. The van der Waals surface area contributed by atoms with Crippen molar-refractivity contribution in [3.05, 3.63) is 71.8 Å². The predicted octanol–water partition coefficient (Wildman–Crippen LogP) is 9.81. The van der Waals surface area contributed by atoms with Crippen LogP contribution in [0.4, 0.5) is 0 Å². The summed E-state index contributed by atoms with van der Waals surface area (Å²) >= 11 is 0. The Labute approximate surface area is 210 Å². The first-order chi connectivity index (χ1) is 16.7. The van der Waals surface area contributed by atoms with Gasteiger partial charge in [0.05, 0.1) is 8.07 Å². The van der Waals surface area contributed by atoms with Gasteiger partial charge < -0.3 is 0 Å².